The molecule has 0 aliphatic heterocycles. The van der Waals surface area contributed by atoms with Gasteiger partial charge in [0.2, 0.25) is 5.95 Å². The molecule has 0 bridgehead atoms. The molecule has 2 heterocycles. The number of hydrogen-bond donors (Lipinski definition) is 2. The second-order valence-corrected chi connectivity index (χ2v) is 5.14. The van der Waals surface area contributed by atoms with Crippen molar-refractivity contribution in [2.75, 3.05) is 5.73 Å². The number of aromatic amines is 1. The standard InChI is InChI=1S/C13H9ClF3N5O/c14-9-8-10(21-11(18)20-9)22(12(23)19-8)5-6-1-3-7(4-2-6)13(15,16)17/h1-4H,5H2,(H,19,23)(H2,18,20,21). The molecule has 0 radical (unpaired) electrons. The van der Waals surface area contributed by atoms with Crippen molar-refractivity contribution in [2.24, 2.45) is 0 Å². The Bertz CT molecular complexity index is 930. The Morgan fingerprint density at radius 1 is 1.22 bits per heavy atom. The van der Waals surface area contributed by atoms with Crippen LogP contribution in [-0.2, 0) is 12.7 Å². The summed E-state index contributed by atoms with van der Waals surface area (Å²) < 4.78 is 38.9. The van der Waals surface area contributed by atoms with E-state index in [1.54, 1.807) is 0 Å². The lowest BCUT2D eigenvalue weighted by Gasteiger charge is -2.08. The van der Waals surface area contributed by atoms with Crippen LogP contribution in [0.2, 0.25) is 5.15 Å². The summed E-state index contributed by atoms with van der Waals surface area (Å²) in [6, 6.07) is 4.48. The molecule has 2 aromatic heterocycles. The Kier molecular flexibility index (Phi) is 3.52. The quantitative estimate of drug-likeness (QED) is 0.699. The molecule has 10 heteroatoms. The molecule has 3 N–H and O–H groups in total. The summed E-state index contributed by atoms with van der Waals surface area (Å²) in [7, 11) is 0. The van der Waals surface area contributed by atoms with Crippen molar-refractivity contribution in [1.82, 2.24) is 19.5 Å². The third kappa shape index (κ3) is 2.87. The molecule has 0 atom stereocenters. The zero-order valence-corrected chi connectivity index (χ0v) is 12.1. The molecule has 0 saturated carbocycles. The van der Waals surface area contributed by atoms with Crippen LogP contribution in [0.5, 0.6) is 0 Å². The maximum absolute atomic E-state index is 12.6. The summed E-state index contributed by atoms with van der Waals surface area (Å²) in [6.07, 6.45) is -4.41. The number of alkyl halides is 3. The van der Waals surface area contributed by atoms with E-state index in [0.29, 0.717) is 5.56 Å². The topological polar surface area (TPSA) is 89.6 Å². The van der Waals surface area contributed by atoms with Crippen LogP contribution in [0.1, 0.15) is 11.1 Å². The lowest BCUT2D eigenvalue weighted by Crippen LogP contribution is -2.18. The molecule has 0 amide bonds. The Morgan fingerprint density at radius 2 is 1.87 bits per heavy atom. The van der Waals surface area contributed by atoms with E-state index in [0.717, 1.165) is 12.1 Å². The highest BCUT2D eigenvalue weighted by atomic mass is 35.5. The lowest BCUT2D eigenvalue weighted by molar-refractivity contribution is -0.137. The summed E-state index contributed by atoms with van der Waals surface area (Å²) in [5, 5.41) is -0.00392. The third-order valence-electron chi connectivity index (χ3n) is 3.22. The minimum Gasteiger partial charge on any atom is -0.368 e. The minimum absolute atomic E-state index is 0.00392. The van der Waals surface area contributed by atoms with Gasteiger partial charge < -0.3 is 10.7 Å². The van der Waals surface area contributed by atoms with Crippen LogP contribution >= 0.6 is 11.6 Å². The first-order chi connectivity index (χ1) is 10.8. The summed E-state index contributed by atoms with van der Waals surface area (Å²) >= 11 is 5.88. The first-order valence-corrected chi connectivity index (χ1v) is 6.71. The van der Waals surface area contributed by atoms with Gasteiger partial charge in [0.1, 0.15) is 5.52 Å². The monoisotopic (exact) mass is 343 g/mol. The number of nitrogens with two attached hydrogens (primary N) is 1. The first-order valence-electron chi connectivity index (χ1n) is 6.33. The number of H-pyrrole nitrogens is 1. The Morgan fingerprint density at radius 3 is 2.48 bits per heavy atom. The van der Waals surface area contributed by atoms with Crippen molar-refractivity contribution < 1.29 is 13.2 Å². The number of rotatable bonds is 2. The molecule has 3 aromatic rings. The zero-order chi connectivity index (χ0) is 16.8. The summed E-state index contributed by atoms with van der Waals surface area (Å²) in [5.41, 5.74) is 5.13. The maximum Gasteiger partial charge on any atom is 0.416 e. The highest BCUT2D eigenvalue weighted by molar-refractivity contribution is 6.33. The van der Waals surface area contributed by atoms with Gasteiger partial charge in [-0.1, -0.05) is 23.7 Å². The highest BCUT2D eigenvalue weighted by Crippen LogP contribution is 2.29. The molecule has 120 valence electrons. The van der Waals surface area contributed by atoms with Gasteiger partial charge >= 0.3 is 11.9 Å². The fourth-order valence-electron chi connectivity index (χ4n) is 2.14. The second kappa shape index (κ2) is 5.27. The normalized spacial score (nSPS) is 12.0. The summed E-state index contributed by atoms with van der Waals surface area (Å²) in [4.78, 5) is 22.2. The van der Waals surface area contributed by atoms with E-state index in [2.05, 4.69) is 15.0 Å². The highest BCUT2D eigenvalue weighted by Gasteiger charge is 2.29. The molecule has 0 aliphatic carbocycles. The third-order valence-corrected chi connectivity index (χ3v) is 3.49. The number of benzene rings is 1. The number of aromatic nitrogens is 4. The van der Waals surface area contributed by atoms with Crippen LogP contribution in [0.25, 0.3) is 11.2 Å². The fraction of sp³-hybridized carbons (Fsp3) is 0.154. The van der Waals surface area contributed by atoms with Gasteiger partial charge in [0.15, 0.2) is 10.8 Å². The van der Waals surface area contributed by atoms with Gasteiger partial charge in [0.25, 0.3) is 0 Å². The largest absolute Gasteiger partial charge is 0.416 e. The predicted octanol–water partition coefficient (Wildman–Crippen LogP) is 2.42. The van der Waals surface area contributed by atoms with E-state index < -0.39 is 17.4 Å². The fourth-order valence-corrected chi connectivity index (χ4v) is 2.36. The first kappa shape index (κ1) is 15.3. The summed E-state index contributed by atoms with van der Waals surface area (Å²) in [6.45, 7) is 0.0176. The maximum atomic E-state index is 12.6. The molecule has 0 saturated heterocycles. The van der Waals surface area contributed by atoms with Gasteiger partial charge in [-0.3, -0.25) is 4.57 Å². The number of halogens is 4. The Balaban J connectivity index is 2.02. The molecular formula is C13H9ClF3N5O. The van der Waals surface area contributed by atoms with E-state index in [9.17, 15) is 18.0 Å². The molecular weight excluding hydrogens is 335 g/mol. The van der Waals surface area contributed by atoms with Crippen molar-refractivity contribution in [1.29, 1.82) is 0 Å². The van der Waals surface area contributed by atoms with E-state index in [4.69, 9.17) is 17.3 Å². The summed E-state index contributed by atoms with van der Waals surface area (Å²) in [5.74, 6) is -0.109. The number of anilines is 1. The van der Waals surface area contributed by atoms with E-state index in [-0.39, 0.29) is 28.8 Å². The number of imidazole rings is 1. The average molecular weight is 344 g/mol. The molecule has 0 fully saturated rings. The van der Waals surface area contributed by atoms with Crippen LogP contribution in [0.15, 0.2) is 29.1 Å². The van der Waals surface area contributed by atoms with Crippen molar-refractivity contribution in [3.8, 4) is 0 Å². The number of fused-ring (bicyclic) bond motifs is 1. The van der Waals surface area contributed by atoms with Crippen LogP contribution in [-0.4, -0.2) is 19.5 Å². The van der Waals surface area contributed by atoms with Crippen LogP contribution in [0.3, 0.4) is 0 Å². The smallest absolute Gasteiger partial charge is 0.368 e. The molecule has 1 aromatic carbocycles. The molecule has 23 heavy (non-hydrogen) atoms. The number of nitrogens with zero attached hydrogens (tertiary/aromatic N) is 3. The second-order valence-electron chi connectivity index (χ2n) is 4.78. The van der Waals surface area contributed by atoms with Crippen molar-refractivity contribution in [3.05, 3.63) is 51.0 Å². The molecule has 6 nitrogen and oxygen atoms in total. The van der Waals surface area contributed by atoms with Gasteiger partial charge in [0.05, 0.1) is 12.1 Å². The van der Waals surface area contributed by atoms with Crippen molar-refractivity contribution >= 4 is 28.7 Å². The van der Waals surface area contributed by atoms with E-state index in [1.807, 2.05) is 0 Å². The Hall–Kier alpha value is -2.55. The zero-order valence-electron chi connectivity index (χ0n) is 11.4. The predicted molar refractivity (Wildman–Crippen MR) is 78.1 cm³/mol. The number of nitrogens with one attached hydrogen (secondary N) is 1. The van der Waals surface area contributed by atoms with Crippen LogP contribution < -0.4 is 11.4 Å². The SMILES string of the molecule is Nc1nc(Cl)c2[nH]c(=O)n(Cc3ccc(C(F)(F)F)cc3)c2n1. The molecule has 0 unspecified atom stereocenters. The van der Waals surface area contributed by atoms with Gasteiger partial charge in [-0.25, -0.2) is 4.79 Å². The van der Waals surface area contributed by atoms with Gasteiger partial charge in [-0.2, -0.15) is 23.1 Å². The van der Waals surface area contributed by atoms with Gasteiger partial charge in [-0.05, 0) is 17.7 Å². The van der Waals surface area contributed by atoms with Gasteiger partial charge in [0, 0.05) is 0 Å². The van der Waals surface area contributed by atoms with Crippen LogP contribution in [0, 0.1) is 0 Å². The molecule has 3 rings (SSSR count). The van der Waals surface area contributed by atoms with E-state index in [1.165, 1.54) is 16.7 Å². The number of hydrogen-bond acceptors (Lipinski definition) is 4. The van der Waals surface area contributed by atoms with Crippen LogP contribution in [0.4, 0.5) is 19.1 Å². The molecule has 0 spiro atoms. The van der Waals surface area contributed by atoms with Crippen molar-refractivity contribution in [3.63, 3.8) is 0 Å². The van der Waals surface area contributed by atoms with E-state index >= 15 is 0 Å². The lowest BCUT2D eigenvalue weighted by atomic mass is 10.1. The Labute approximate surface area is 131 Å². The molecule has 0 aliphatic rings. The van der Waals surface area contributed by atoms with Gasteiger partial charge in [-0.15, -0.1) is 0 Å². The number of nitrogen functional groups attached to an aromatic ring is 1. The average Bonchev–Trinajstić information content (AvgIpc) is 2.76. The van der Waals surface area contributed by atoms with Crippen molar-refractivity contribution in [2.45, 2.75) is 12.7 Å². The minimum atomic E-state index is -4.41.